The number of nitrogens with zero attached hydrogens (tertiary/aromatic N) is 2. The summed E-state index contributed by atoms with van der Waals surface area (Å²) in [5.41, 5.74) is 3.54. The lowest BCUT2D eigenvalue weighted by Gasteiger charge is -2.14. The van der Waals surface area contributed by atoms with Gasteiger partial charge < -0.3 is 9.84 Å². The lowest BCUT2D eigenvalue weighted by molar-refractivity contribution is -0.496. The molecule has 0 radical (unpaired) electrons. The van der Waals surface area contributed by atoms with E-state index in [1.54, 1.807) is 8.97 Å². The van der Waals surface area contributed by atoms with Gasteiger partial charge in [-0.15, -0.1) is 0 Å². The van der Waals surface area contributed by atoms with E-state index in [-0.39, 0.29) is 17.0 Å². The Morgan fingerprint density at radius 3 is 2.08 bits per heavy atom. The fourth-order valence-electron chi connectivity index (χ4n) is 4.61. The number of ether oxygens (including phenoxy) is 1. The van der Waals surface area contributed by atoms with Gasteiger partial charge in [-0.05, 0) is 35.4 Å². The number of pyridine rings is 1. The van der Waals surface area contributed by atoms with Gasteiger partial charge in [-0.2, -0.15) is 8.97 Å². The molecular formula is C31H23N2O3+. The quantitative estimate of drug-likeness (QED) is 0.260. The van der Waals surface area contributed by atoms with Gasteiger partial charge in [-0.25, -0.2) is 4.79 Å². The van der Waals surface area contributed by atoms with Gasteiger partial charge in [0.2, 0.25) is 0 Å². The maximum absolute atomic E-state index is 14.0. The largest absolute Gasteiger partial charge is 0.488 e. The Morgan fingerprint density at radius 1 is 0.750 bits per heavy atom. The van der Waals surface area contributed by atoms with Crippen molar-refractivity contribution in [3.63, 3.8) is 0 Å². The van der Waals surface area contributed by atoms with Crippen molar-refractivity contribution >= 4 is 16.6 Å². The number of fused-ring (bicyclic) bond motifs is 3. The molecule has 0 saturated heterocycles. The van der Waals surface area contributed by atoms with Crippen molar-refractivity contribution in [1.82, 2.24) is 4.57 Å². The van der Waals surface area contributed by atoms with Crippen molar-refractivity contribution in [2.75, 3.05) is 0 Å². The number of aromatic nitrogens is 2. The molecule has 36 heavy (non-hydrogen) atoms. The summed E-state index contributed by atoms with van der Waals surface area (Å²) < 4.78 is 9.64. The Balaban J connectivity index is 1.70. The molecule has 0 aliphatic rings. The highest BCUT2D eigenvalue weighted by atomic mass is 16.5. The SMILES string of the molecule is O=c1c(-c2ccccc2)c(O)[n+]2c3ccccc3c(OCc3ccccc3)cc2n1-c1ccccc1. The van der Waals surface area contributed by atoms with E-state index in [1.165, 1.54) is 0 Å². The maximum Gasteiger partial charge on any atom is 0.354 e. The van der Waals surface area contributed by atoms with Crippen LogP contribution in [-0.2, 0) is 6.61 Å². The number of benzene rings is 4. The van der Waals surface area contributed by atoms with E-state index in [2.05, 4.69) is 0 Å². The number of aromatic hydroxyl groups is 1. The minimum atomic E-state index is -0.311. The second kappa shape index (κ2) is 9.04. The fraction of sp³-hybridized carbons (Fsp3) is 0.0323. The summed E-state index contributed by atoms with van der Waals surface area (Å²) in [6, 6.07) is 38.2. The van der Waals surface area contributed by atoms with Crippen LogP contribution in [0, 0.1) is 0 Å². The average molecular weight is 472 g/mol. The topological polar surface area (TPSA) is 55.6 Å². The molecular weight excluding hydrogens is 448 g/mol. The van der Waals surface area contributed by atoms with Gasteiger partial charge in [0.05, 0.1) is 11.5 Å². The third kappa shape index (κ3) is 3.67. The Hall–Kier alpha value is -4.90. The summed E-state index contributed by atoms with van der Waals surface area (Å²) in [4.78, 5) is 14.0. The zero-order chi connectivity index (χ0) is 24.5. The van der Waals surface area contributed by atoms with E-state index in [4.69, 9.17) is 4.74 Å². The van der Waals surface area contributed by atoms with Gasteiger partial charge in [0.1, 0.15) is 23.6 Å². The summed E-state index contributed by atoms with van der Waals surface area (Å²) >= 11 is 0. The molecule has 0 atom stereocenters. The van der Waals surface area contributed by atoms with E-state index < -0.39 is 0 Å². The molecule has 5 nitrogen and oxygen atoms in total. The van der Waals surface area contributed by atoms with Crippen molar-refractivity contribution in [1.29, 1.82) is 0 Å². The predicted octanol–water partition coefficient (Wildman–Crippen LogP) is 5.68. The van der Waals surface area contributed by atoms with Gasteiger partial charge in [-0.1, -0.05) is 91.0 Å². The first-order valence-electron chi connectivity index (χ1n) is 11.8. The zero-order valence-corrected chi connectivity index (χ0v) is 19.4. The monoisotopic (exact) mass is 471 g/mol. The lowest BCUT2D eigenvalue weighted by Crippen LogP contribution is -2.35. The molecule has 2 heterocycles. The number of hydrogen-bond acceptors (Lipinski definition) is 3. The van der Waals surface area contributed by atoms with E-state index in [9.17, 15) is 9.90 Å². The van der Waals surface area contributed by atoms with Crippen LogP contribution in [0.3, 0.4) is 0 Å². The third-order valence-electron chi connectivity index (χ3n) is 6.30. The number of rotatable bonds is 5. The Kier molecular flexibility index (Phi) is 5.43. The van der Waals surface area contributed by atoms with Crippen LogP contribution in [0.1, 0.15) is 5.56 Å². The normalized spacial score (nSPS) is 11.1. The lowest BCUT2D eigenvalue weighted by atomic mass is 10.1. The Bertz CT molecular complexity index is 1750. The average Bonchev–Trinajstić information content (AvgIpc) is 2.93. The van der Waals surface area contributed by atoms with E-state index in [0.717, 1.165) is 16.5 Å². The molecule has 6 rings (SSSR count). The van der Waals surface area contributed by atoms with Crippen LogP contribution in [0.25, 0.3) is 33.4 Å². The molecule has 4 aromatic carbocycles. The first-order valence-corrected chi connectivity index (χ1v) is 11.8. The molecule has 0 aliphatic heterocycles. The molecule has 0 bridgehead atoms. The van der Waals surface area contributed by atoms with Crippen LogP contribution in [0.15, 0.2) is 126 Å². The van der Waals surface area contributed by atoms with Crippen LogP contribution >= 0.6 is 0 Å². The van der Waals surface area contributed by atoms with Gasteiger partial charge >= 0.3 is 17.1 Å². The Labute approximate surface area is 207 Å². The molecule has 0 aliphatic carbocycles. The van der Waals surface area contributed by atoms with Crippen LogP contribution in [0.4, 0.5) is 0 Å². The number of para-hydroxylation sites is 2. The summed E-state index contributed by atoms with van der Waals surface area (Å²) in [6.07, 6.45) is 0. The van der Waals surface area contributed by atoms with E-state index >= 15 is 0 Å². The highest BCUT2D eigenvalue weighted by molar-refractivity contribution is 5.85. The molecule has 0 unspecified atom stereocenters. The van der Waals surface area contributed by atoms with Crippen molar-refractivity contribution in [2.24, 2.45) is 0 Å². The molecule has 1 N–H and O–H groups in total. The van der Waals surface area contributed by atoms with Gasteiger partial charge in [0, 0.05) is 0 Å². The van der Waals surface area contributed by atoms with Crippen molar-refractivity contribution in [2.45, 2.75) is 6.61 Å². The highest BCUT2D eigenvalue weighted by Crippen LogP contribution is 2.31. The molecule has 6 aromatic rings. The summed E-state index contributed by atoms with van der Waals surface area (Å²) in [7, 11) is 0. The zero-order valence-electron chi connectivity index (χ0n) is 19.4. The summed E-state index contributed by atoms with van der Waals surface area (Å²) in [5.74, 6) is 0.518. The fourth-order valence-corrected chi connectivity index (χ4v) is 4.61. The standard InChI is InChI=1S/C31H22N2O3/c34-30-29(23-14-6-2-7-15-23)31(35)33-26-19-11-10-18-25(26)27(36-21-22-12-4-1-5-13-22)20-28(33)32(30)24-16-8-3-9-17-24/h1-20H,21H2/p+1. The Morgan fingerprint density at radius 2 is 1.36 bits per heavy atom. The van der Waals surface area contributed by atoms with Crippen LogP contribution in [0.2, 0.25) is 0 Å². The molecule has 0 fully saturated rings. The number of hydrogen-bond donors (Lipinski definition) is 1. The van der Waals surface area contributed by atoms with Gasteiger partial charge in [0.15, 0.2) is 5.56 Å². The third-order valence-corrected chi connectivity index (χ3v) is 6.30. The first kappa shape index (κ1) is 21.6. The molecule has 0 saturated carbocycles. The minimum Gasteiger partial charge on any atom is -0.488 e. The molecule has 2 aromatic heterocycles. The molecule has 0 spiro atoms. The van der Waals surface area contributed by atoms with Gasteiger partial charge in [0.25, 0.3) is 0 Å². The molecule has 174 valence electrons. The maximum atomic E-state index is 14.0. The van der Waals surface area contributed by atoms with E-state index in [1.807, 2.05) is 121 Å². The summed E-state index contributed by atoms with van der Waals surface area (Å²) in [5, 5.41) is 12.4. The van der Waals surface area contributed by atoms with Crippen LogP contribution < -0.4 is 14.7 Å². The second-order valence-corrected chi connectivity index (χ2v) is 8.53. The first-order chi connectivity index (χ1) is 17.7. The smallest absolute Gasteiger partial charge is 0.354 e. The minimum absolute atomic E-state index is 0.112. The van der Waals surface area contributed by atoms with Crippen molar-refractivity contribution < 1.29 is 14.2 Å². The summed E-state index contributed by atoms with van der Waals surface area (Å²) in [6.45, 7) is 0.380. The molecule has 0 amide bonds. The van der Waals surface area contributed by atoms with Crippen LogP contribution in [0.5, 0.6) is 11.6 Å². The van der Waals surface area contributed by atoms with Crippen molar-refractivity contribution in [3.8, 4) is 28.4 Å². The van der Waals surface area contributed by atoms with E-state index in [0.29, 0.717) is 29.3 Å². The van der Waals surface area contributed by atoms with Crippen LogP contribution in [-0.4, -0.2) is 9.67 Å². The molecule has 5 heteroatoms. The predicted molar refractivity (Wildman–Crippen MR) is 141 cm³/mol. The highest BCUT2D eigenvalue weighted by Gasteiger charge is 2.29. The second-order valence-electron chi connectivity index (χ2n) is 8.53. The van der Waals surface area contributed by atoms with Gasteiger partial charge in [-0.3, -0.25) is 0 Å². The van der Waals surface area contributed by atoms with Crippen molar-refractivity contribution in [3.05, 3.63) is 137 Å².